The van der Waals surface area contributed by atoms with Crippen molar-refractivity contribution in [1.82, 2.24) is 9.47 Å². The molecule has 0 unspecified atom stereocenters. The number of hydrogen-bond donors (Lipinski definition) is 1. The van der Waals surface area contributed by atoms with Crippen LogP contribution in [0.3, 0.4) is 0 Å². The molecule has 2 fully saturated rings. The predicted octanol–water partition coefficient (Wildman–Crippen LogP) is 1.12. The molecule has 1 saturated carbocycles. The van der Waals surface area contributed by atoms with Gasteiger partial charge in [-0.1, -0.05) is 6.42 Å². The highest BCUT2D eigenvalue weighted by Crippen LogP contribution is 2.38. The average molecular weight is 278 g/mol. The number of carbonyl (C=O) groups excluding carboxylic acids is 1. The van der Waals surface area contributed by atoms with E-state index < -0.39 is 6.10 Å². The van der Waals surface area contributed by atoms with Gasteiger partial charge in [-0.25, -0.2) is 0 Å². The Morgan fingerprint density at radius 3 is 2.75 bits per heavy atom. The molecule has 2 aliphatic rings. The van der Waals surface area contributed by atoms with Crippen LogP contribution in [0, 0.1) is 0 Å². The van der Waals surface area contributed by atoms with E-state index in [0.29, 0.717) is 19.1 Å². The highest BCUT2D eigenvalue weighted by Gasteiger charge is 2.35. The zero-order chi connectivity index (χ0) is 14.3. The second kappa shape index (κ2) is 5.22. The van der Waals surface area contributed by atoms with E-state index in [2.05, 4.69) is 4.57 Å². The maximum Gasteiger partial charge on any atom is 0.255 e. The van der Waals surface area contributed by atoms with Crippen molar-refractivity contribution in [2.75, 3.05) is 20.3 Å². The van der Waals surface area contributed by atoms with Gasteiger partial charge in [0.1, 0.15) is 0 Å². The first-order valence-corrected chi connectivity index (χ1v) is 7.27. The second-order valence-electron chi connectivity index (χ2n) is 5.94. The fraction of sp³-hybridized carbons (Fsp3) is 0.667. The van der Waals surface area contributed by atoms with Crippen molar-refractivity contribution in [3.05, 3.63) is 23.5 Å². The zero-order valence-corrected chi connectivity index (χ0v) is 12.1. The highest BCUT2D eigenvalue weighted by atomic mass is 16.5. The molecule has 2 atom stereocenters. The average Bonchev–Trinajstić information content (AvgIpc) is 2.94. The first-order valence-electron chi connectivity index (χ1n) is 7.27. The van der Waals surface area contributed by atoms with Crippen LogP contribution >= 0.6 is 0 Å². The van der Waals surface area contributed by atoms with E-state index in [-0.39, 0.29) is 11.9 Å². The number of aliphatic hydroxyl groups excluding tert-OH is 1. The second-order valence-corrected chi connectivity index (χ2v) is 5.94. The molecule has 1 saturated heterocycles. The molecule has 5 heteroatoms. The number of ether oxygens (including phenoxy) is 1. The quantitative estimate of drug-likeness (QED) is 0.901. The summed E-state index contributed by atoms with van der Waals surface area (Å²) < 4.78 is 7.30. The number of hydrogen-bond acceptors (Lipinski definition) is 3. The highest BCUT2D eigenvalue weighted by molar-refractivity contribution is 5.95. The van der Waals surface area contributed by atoms with E-state index in [9.17, 15) is 9.90 Å². The van der Waals surface area contributed by atoms with Gasteiger partial charge in [0.25, 0.3) is 5.91 Å². The summed E-state index contributed by atoms with van der Waals surface area (Å²) >= 11 is 0. The van der Waals surface area contributed by atoms with E-state index in [1.54, 1.807) is 11.9 Å². The summed E-state index contributed by atoms with van der Waals surface area (Å²) in [4.78, 5) is 14.3. The monoisotopic (exact) mass is 278 g/mol. The molecule has 110 valence electrons. The summed E-state index contributed by atoms with van der Waals surface area (Å²) in [5.41, 5.74) is 1.92. The maximum atomic E-state index is 12.7. The summed E-state index contributed by atoms with van der Waals surface area (Å²) in [5.74, 6) is 0.495. The Bertz CT molecular complexity index is 507. The van der Waals surface area contributed by atoms with Crippen LogP contribution in [0.25, 0.3) is 0 Å². The predicted molar refractivity (Wildman–Crippen MR) is 74.7 cm³/mol. The number of aliphatic hydroxyl groups is 1. The fourth-order valence-electron chi connectivity index (χ4n) is 3.15. The Kier molecular flexibility index (Phi) is 3.56. The summed E-state index contributed by atoms with van der Waals surface area (Å²) in [6, 6.07) is 1.66. The zero-order valence-electron chi connectivity index (χ0n) is 12.1. The number of aryl methyl sites for hydroxylation is 1. The van der Waals surface area contributed by atoms with Crippen LogP contribution in [-0.4, -0.2) is 52.9 Å². The first-order chi connectivity index (χ1) is 9.59. The van der Waals surface area contributed by atoms with E-state index in [4.69, 9.17) is 4.74 Å². The topological polar surface area (TPSA) is 54.7 Å². The first kappa shape index (κ1) is 13.6. The molecule has 1 N–H and O–H groups in total. The van der Waals surface area contributed by atoms with Crippen molar-refractivity contribution in [2.45, 2.75) is 37.3 Å². The van der Waals surface area contributed by atoms with E-state index in [0.717, 1.165) is 24.1 Å². The number of aromatic nitrogens is 1. The van der Waals surface area contributed by atoms with Crippen LogP contribution in [0.4, 0.5) is 0 Å². The van der Waals surface area contributed by atoms with Gasteiger partial charge in [0.15, 0.2) is 0 Å². The van der Waals surface area contributed by atoms with Crippen molar-refractivity contribution in [3.8, 4) is 0 Å². The standard InChI is InChI=1S/C15H22N2O3/c1-16-7-6-11(14(16)10-4-3-5-10)15(19)17(2)12-8-20-9-13(12)18/h6-7,10,12-13,18H,3-5,8-9H2,1-2H3/t12-,13-/m1/s1. The Labute approximate surface area is 119 Å². The number of amides is 1. The summed E-state index contributed by atoms with van der Waals surface area (Å²) in [6.07, 6.45) is 4.94. The van der Waals surface area contributed by atoms with Crippen molar-refractivity contribution in [1.29, 1.82) is 0 Å². The van der Waals surface area contributed by atoms with E-state index in [1.165, 1.54) is 6.42 Å². The lowest BCUT2D eigenvalue weighted by atomic mass is 9.81. The Morgan fingerprint density at radius 1 is 1.45 bits per heavy atom. The lowest BCUT2D eigenvalue weighted by Crippen LogP contribution is -2.44. The number of carbonyl (C=O) groups is 1. The third-order valence-electron chi connectivity index (χ3n) is 4.68. The Balaban J connectivity index is 1.83. The van der Waals surface area contributed by atoms with Crippen molar-refractivity contribution >= 4 is 5.91 Å². The third-order valence-corrected chi connectivity index (χ3v) is 4.68. The molecule has 5 nitrogen and oxygen atoms in total. The normalized spacial score (nSPS) is 26.6. The number of rotatable bonds is 3. The van der Waals surface area contributed by atoms with Crippen LogP contribution in [0.2, 0.25) is 0 Å². The van der Waals surface area contributed by atoms with Gasteiger partial charge in [-0.3, -0.25) is 4.79 Å². The van der Waals surface area contributed by atoms with E-state index in [1.807, 2.05) is 19.3 Å². The van der Waals surface area contributed by atoms with Gasteiger partial charge < -0.3 is 19.3 Å². The molecule has 0 spiro atoms. The maximum absolute atomic E-state index is 12.7. The lowest BCUT2D eigenvalue weighted by molar-refractivity contribution is 0.0579. The largest absolute Gasteiger partial charge is 0.388 e. The molecule has 0 aromatic carbocycles. The van der Waals surface area contributed by atoms with Gasteiger partial charge in [0.05, 0.1) is 30.9 Å². The molecule has 20 heavy (non-hydrogen) atoms. The molecule has 2 heterocycles. The SMILES string of the molecule is CN(C(=O)c1ccn(C)c1C1CCC1)[C@@H]1COC[C@H]1O. The van der Waals surface area contributed by atoms with Gasteiger partial charge in [-0.05, 0) is 24.8 Å². The van der Waals surface area contributed by atoms with E-state index >= 15 is 0 Å². The minimum absolute atomic E-state index is 0.0120. The van der Waals surface area contributed by atoms with Gasteiger partial charge in [-0.2, -0.15) is 0 Å². The van der Waals surface area contributed by atoms with Crippen LogP contribution in [0.1, 0.15) is 41.2 Å². The smallest absolute Gasteiger partial charge is 0.255 e. The van der Waals surface area contributed by atoms with Gasteiger partial charge in [0.2, 0.25) is 0 Å². The fourth-order valence-corrected chi connectivity index (χ4v) is 3.15. The molecule has 1 aromatic heterocycles. The number of nitrogens with zero attached hydrogens (tertiary/aromatic N) is 2. The molecule has 0 radical (unpaired) electrons. The van der Waals surface area contributed by atoms with Crippen LogP contribution in [-0.2, 0) is 11.8 Å². The molecule has 1 aliphatic heterocycles. The van der Waals surface area contributed by atoms with Gasteiger partial charge >= 0.3 is 0 Å². The molecule has 1 aromatic rings. The van der Waals surface area contributed by atoms with Crippen LogP contribution < -0.4 is 0 Å². The van der Waals surface area contributed by atoms with Crippen molar-refractivity contribution < 1.29 is 14.6 Å². The van der Waals surface area contributed by atoms with Crippen LogP contribution in [0.5, 0.6) is 0 Å². The minimum Gasteiger partial charge on any atom is -0.388 e. The molecule has 1 amide bonds. The summed E-state index contributed by atoms with van der Waals surface area (Å²) in [6.45, 7) is 0.724. The Hall–Kier alpha value is -1.33. The van der Waals surface area contributed by atoms with Crippen LogP contribution in [0.15, 0.2) is 12.3 Å². The van der Waals surface area contributed by atoms with Gasteiger partial charge in [-0.15, -0.1) is 0 Å². The molecule has 3 rings (SSSR count). The molecular formula is C15H22N2O3. The summed E-state index contributed by atoms with van der Waals surface area (Å²) in [5, 5.41) is 9.87. The third kappa shape index (κ3) is 2.15. The lowest BCUT2D eigenvalue weighted by Gasteiger charge is -2.30. The van der Waals surface area contributed by atoms with Crippen molar-refractivity contribution in [3.63, 3.8) is 0 Å². The number of likely N-dealkylation sites (N-methyl/N-ethyl adjacent to an activating group) is 1. The van der Waals surface area contributed by atoms with Crippen molar-refractivity contribution in [2.24, 2.45) is 7.05 Å². The minimum atomic E-state index is -0.584. The molecular weight excluding hydrogens is 256 g/mol. The molecule has 0 bridgehead atoms. The Morgan fingerprint density at radius 2 is 2.20 bits per heavy atom. The molecule has 1 aliphatic carbocycles. The summed E-state index contributed by atoms with van der Waals surface area (Å²) in [7, 11) is 3.75. The van der Waals surface area contributed by atoms with Gasteiger partial charge in [0, 0.05) is 26.0 Å².